The molecule has 0 saturated carbocycles. The maximum Gasteiger partial charge on any atom is 0.252 e. The highest BCUT2D eigenvalue weighted by molar-refractivity contribution is 5.14. The van der Waals surface area contributed by atoms with E-state index in [1.54, 1.807) is 10.9 Å². The first-order valence-electron chi connectivity index (χ1n) is 5.86. The minimum absolute atomic E-state index is 0.0947. The second kappa shape index (κ2) is 4.79. The lowest BCUT2D eigenvalue weighted by molar-refractivity contribution is 0.0756. The van der Waals surface area contributed by atoms with E-state index < -0.39 is 0 Å². The van der Waals surface area contributed by atoms with Gasteiger partial charge >= 0.3 is 0 Å². The number of aryl methyl sites for hydroxylation is 1. The molecule has 1 fully saturated rings. The fourth-order valence-electron chi connectivity index (χ4n) is 1.84. The number of nitrogens with one attached hydrogen (secondary N) is 1. The largest absolute Gasteiger partial charge is 0.378 e. The van der Waals surface area contributed by atoms with E-state index in [1.165, 1.54) is 0 Å². The highest BCUT2D eigenvalue weighted by atomic mass is 16.5. The van der Waals surface area contributed by atoms with Gasteiger partial charge in [0, 0.05) is 18.4 Å². The molecule has 0 spiro atoms. The first-order chi connectivity index (χ1) is 8.83. The Hall–Kier alpha value is -1.86. The van der Waals surface area contributed by atoms with Crippen molar-refractivity contribution < 1.29 is 4.74 Å². The standard InChI is InChI=1S/C11H14N6O/c1-8-2-3-13-11(14-8)17-6-9(15-16-17)10-7-18-5-4-12-10/h2-3,6,10,12H,4-5,7H2,1H3. The molecular weight excluding hydrogens is 232 g/mol. The van der Waals surface area contributed by atoms with E-state index in [0.29, 0.717) is 12.6 Å². The van der Waals surface area contributed by atoms with Crippen LogP contribution in [-0.4, -0.2) is 44.7 Å². The van der Waals surface area contributed by atoms with Crippen LogP contribution in [0.25, 0.3) is 5.95 Å². The van der Waals surface area contributed by atoms with Crippen molar-refractivity contribution in [3.05, 3.63) is 29.8 Å². The van der Waals surface area contributed by atoms with E-state index in [9.17, 15) is 0 Å². The van der Waals surface area contributed by atoms with Crippen LogP contribution in [0.3, 0.4) is 0 Å². The van der Waals surface area contributed by atoms with Gasteiger partial charge in [0.25, 0.3) is 5.95 Å². The number of aromatic nitrogens is 5. The Morgan fingerprint density at radius 2 is 2.44 bits per heavy atom. The maximum atomic E-state index is 5.40. The summed E-state index contributed by atoms with van der Waals surface area (Å²) in [7, 11) is 0. The zero-order chi connectivity index (χ0) is 12.4. The van der Waals surface area contributed by atoms with Crippen LogP contribution in [0.15, 0.2) is 18.5 Å². The lowest BCUT2D eigenvalue weighted by atomic mass is 10.2. The van der Waals surface area contributed by atoms with Gasteiger partial charge in [0.05, 0.1) is 25.5 Å². The van der Waals surface area contributed by atoms with Gasteiger partial charge in [-0.1, -0.05) is 5.21 Å². The second-order valence-corrected chi connectivity index (χ2v) is 4.17. The highest BCUT2D eigenvalue weighted by Gasteiger charge is 2.19. The molecule has 0 bridgehead atoms. The Bertz CT molecular complexity index is 534. The van der Waals surface area contributed by atoms with E-state index in [0.717, 1.165) is 24.5 Å². The van der Waals surface area contributed by atoms with Crippen LogP contribution < -0.4 is 5.32 Å². The molecule has 1 atom stereocenters. The number of hydrogen-bond acceptors (Lipinski definition) is 6. The molecule has 18 heavy (non-hydrogen) atoms. The van der Waals surface area contributed by atoms with E-state index in [4.69, 9.17) is 4.74 Å². The monoisotopic (exact) mass is 246 g/mol. The fourth-order valence-corrected chi connectivity index (χ4v) is 1.84. The Morgan fingerprint density at radius 3 is 3.22 bits per heavy atom. The number of rotatable bonds is 2. The smallest absolute Gasteiger partial charge is 0.252 e. The molecule has 7 nitrogen and oxygen atoms in total. The molecule has 2 aromatic rings. The van der Waals surface area contributed by atoms with Gasteiger partial charge in [-0.25, -0.2) is 9.97 Å². The summed E-state index contributed by atoms with van der Waals surface area (Å²) in [5.41, 5.74) is 1.75. The number of nitrogens with zero attached hydrogens (tertiary/aromatic N) is 5. The van der Waals surface area contributed by atoms with Crippen molar-refractivity contribution in [2.24, 2.45) is 0 Å². The van der Waals surface area contributed by atoms with Gasteiger partial charge in [0.1, 0.15) is 5.69 Å². The molecule has 0 amide bonds. The topological polar surface area (TPSA) is 77.8 Å². The first-order valence-corrected chi connectivity index (χ1v) is 5.86. The molecule has 1 saturated heterocycles. The van der Waals surface area contributed by atoms with E-state index in [2.05, 4.69) is 25.6 Å². The van der Waals surface area contributed by atoms with Crippen LogP contribution in [0.1, 0.15) is 17.4 Å². The minimum Gasteiger partial charge on any atom is -0.378 e. The average Bonchev–Trinajstić information content (AvgIpc) is 2.89. The van der Waals surface area contributed by atoms with Crippen LogP contribution in [0, 0.1) is 6.92 Å². The summed E-state index contributed by atoms with van der Waals surface area (Å²) in [5.74, 6) is 0.533. The highest BCUT2D eigenvalue weighted by Crippen LogP contribution is 2.13. The van der Waals surface area contributed by atoms with Gasteiger partial charge in [-0.05, 0) is 13.0 Å². The molecule has 0 aliphatic carbocycles. The average molecular weight is 246 g/mol. The normalized spacial score (nSPS) is 19.9. The summed E-state index contributed by atoms with van der Waals surface area (Å²) in [6, 6.07) is 1.94. The fraction of sp³-hybridized carbons (Fsp3) is 0.455. The van der Waals surface area contributed by atoms with E-state index in [-0.39, 0.29) is 6.04 Å². The number of morpholine rings is 1. The molecule has 3 heterocycles. The Labute approximate surface area is 104 Å². The molecule has 3 rings (SSSR count). The third-order valence-corrected chi connectivity index (χ3v) is 2.78. The summed E-state index contributed by atoms with van der Waals surface area (Å²) in [4.78, 5) is 8.47. The van der Waals surface area contributed by atoms with Gasteiger partial charge in [0.2, 0.25) is 0 Å². The van der Waals surface area contributed by atoms with Gasteiger partial charge in [0.15, 0.2) is 0 Å². The molecule has 1 N–H and O–H groups in total. The zero-order valence-corrected chi connectivity index (χ0v) is 10.1. The van der Waals surface area contributed by atoms with E-state index in [1.807, 2.05) is 19.2 Å². The third-order valence-electron chi connectivity index (χ3n) is 2.78. The molecule has 0 radical (unpaired) electrons. The van der Waals surface area contributed by atoms with Crippen molar-refractivity contribution in [3.63, 3.8) is 0 Å². The quantitative estimate of drug-likeness (QED) is 0.805. The van der Waals surface area contributed by atoms with Crippen LogP contribution in [0.2, 0.25) is 0 Å². The Balaban J connectivity index is 1.84. The SMILES string of the molecule is Cc1ccnc(-n2cc(C3COCCN3)nn2)n1. The molecule has 2 aromatic heterocycles. The van der Waals surface area contributed by atoms with Crippen molar-refractivity contribution in [3.8, 4) is 5.95 Å². The molecule has 1 unspecified atom stereocenters. The van der Waals surface area contributed by atoms with Crippen molar-refractivity contribution in [2.45, 2.75) is 13.0 Å². The summed E-state index contributed by atoms with van der Waals surface area (Å²) >= 11 is 0. The van der Waals surface area contributed by atoms with E-state index >= 15 is 0 Å². The van der Waals surface area contributed by atoms with Crippen LogP contribution in [0.5, 0.6) is 0 Å². The predicted molar refractivity (Wildman–Crippen MR) is 63.2 cm³/mol. The molecule has 1 aliphatic rings. The molecule has 1 aliphatic heterocycles. The summed E-state index contributed by atoms with van der Waals surface area (Å²) in [5, 5.41) is 11.5. The molecular formula is C11H14N6O. The summed E-state index contributed by atoms with van der Waals surface area (Å²) in [6.07, 6.45) is 3.54. The van der Waals surface area contributed by atoms with Crippen molar-refractivity contribution in [2.75, 3.05) is 19.8 Å². The van der Waals surface area contributed by atoms with Crippen LogP contribution >= 0.6 is 0 Å². The number of ether oxygens (including phenoxy) is 1. The lowest BCUT2D eigenvalue weighted by Crippen LogP contribution is -2.34. The minimum atomic E-state index is 0.0947. The molecule has 7 heteroatoms. The predicted octanol–water partition coefficient (Wildman–Crippen LogP) is 0.0266. The van der Waals surface area contributed by atoms with Crippen molar-refractivity contribution in [1.29, 1.82) is 0 Å². The second-order valence-electron chi connectivity index (χ2n) is 4.17. The van der Waals surface area contributed by atoms with Gasteiger partial charge in [-0.2, -0.15) is 4.68 Å². The third kappa shape index (κ3) is 2.22. The zero-order valence-electron chi connectivity index (χ0n) is 10.1. The first kappa shape index (κ1) is 11.2. The van der Waals surface area contributed by atoms with Crippen molar-refractivity contribution >= 4 is 0 Å². The summed E-state index contributed by atoms with van der Waals surface area (Å²) < 4.78 is 6.98. The van der Waals surface area contributed by atoms with Crippen LogP contribution in [-0.2, 0) is 4.74 Å². The molecule has 0 aromatic carbocycles. The Morgan fingerprint density at radius 1 is 1.50 bits per heavy atom. The molecule has 94 valence electrons. The Kier molecular flexibility index (Phi) is 2.99. The van der Waals surface area contributed by atoms with Gasteiger partial charge in [-0.15, -0.1) is 5.10 Å². The lowest BCUT2D eigenvalue weighted by Gasteiger charge is -2.21. The number of hydrogen-bond donors (Lipinski definition) is 1. The maximum absolute atomic E-state index is 5.40. The van der Waals surface area contributed by atoms with Crippen molar-refractivity contribution in [1.82, 2.24) is 30.3 Å². The van der Waals surface area contributed by atoms with Gasteiger partial charge in [-0.3, -0.25) is 0 Å². The summed E-state index contributed by atoms with van der Waals surface area (Å²) in [6.45, 7) is 4.11. The van der Waals surface area contributed by atoms with Gasteiger partial charge < -0.3 is 10.1 Å². The van der Waals surface area contributed by atoms with Crippen LogP contribution in [0.4, 0.5) is 0 Å².